The molecule has 0 unspecified atom stereocenters. The molecule has 0 spiro atoms. The summed E-state index contributed by atoms with van der Waals surface area (Å²) in [6.45, 7) is 4.20. The van der Waals surface area contributed by atoms with Gasteiger partial charge in [0, 0.05) is 36.5 Å². The molecular formula is C16H18FN3O2S. The highest BCUT2D eigenvalue weighted by molar-refractivity contribution is 7.15. The molecule has 1 aliphatic heterocycles. The van der Waals surface area contributed by atoms with Crippen molar-refractivity contribution in [2.24, 2.45) is 0 Å². The smallest absolute Gasteiger partial charge is 0.413 e. The van der Waals surface area contributed by atoms with Gasteiger partial charge in [0.05, 0.1) is 12.3 Å². The number of thiazole rings is 1. The molecule has 1 amide bonds. The van der Waals surface area contributed by atoms with Crippen molar-refractivity contribution in [2.45, 2.75) is 26.4 Å². The number of rotatable bonds is 4. The minimum Gasteiger partial charge on any atom is -0.450 e. The summed E-state index contributed by atoms with van der Waals surface area (Å²) in [4.78, 5) is 19.2. The molecule has 23 heavy (non-hydrogen) atoms. The second kappa shape index (κ2) is 7.06. The predicted octanol–water partition coefficient (Wildman–Crippen LogP) is 3.41. The number of aromatic nitrogens is 1. The highest BCUT2D eigenvalue weighted by Gasteiger charge is 2.22. The summed E-state index contributed by atoms with van der Waals surface area (Å²) in [6, 6.07) is 6.84. The van der Waals surface area contributed by atoms with Gasteiger partial charge in [0.15, 0.2) is 5.13 Å². The third-order valence-electron chi connectivity index (χ3n) is 3.65. The summed E-state index contributed by atoms with van der Waals surface area (Å²) >= 11 is 1.45. The molecule has 0 fully saturated rings. The Labute approximate surface area is 138 Å². The zero-order chi connectivity index (χ0) is 16.2. The molecule has 1 aromatic heterocycles. The predicted molar refractivity (Wildman–Crippen MR) is 87.0 cm³/mol. The molecule has 0 aliphatic carbocycles. The van der Waals surface area contributed by atoms with Crippen molar-refractivity contribution >= 4 is 22.6 Å². The number of benzene rings is 1. The Morgan fingerprint density at radius 3 is 3.09 bits per heavy atom. The summed E-state index contributed by atoms with van der Waals surface area (Å²) in [5.74, 6) is -0.174. The SMILES string of the molecule is CCOC(=O)Nc1nc2c(s1)CN(Cc1ccccc1F)CC2. The van der Waals surface area contributed by atoms with Crippen molar-refractivity contribution in [1.82, 2.24) is 9.88 Å². The second-order valence-electron chi connectivity index (χ2n) is 5.29. The van der Waals surface area contributed by atoms with Crippen LogP contribution in [0.15, 0.2) is 24.3 Å². The molecule has 122 valence electrons. The first kappa shape index (κ1) is 15.9. The van der Waals surface area contributed by atoms with Crippen LogP contribution in [0.3, 0.4) is 0 Å². The van der Waals surface area contributed by atoms with Crippen LogP contribution in [0, 0.1) is 5.82 Å². The van der Waals surface area contributed by atoms with Gasteiger partial charge in [-0.05, 0) is 13.0 Å². The Bertz CT molecular complexity index is 704. The Kier molecular flexibility index (Phi) is 4.88. The van der Waals surface area contributed by atoms with E-state index in [1.54, 1.807) is 13.0 Å². The van der Waals surface area contributed by atoms with E-state index in [0.29, 0.717) is 30.4 Å². The third kappa shape index (κ3) is 3.86. The average molecular weight is 335 g/mol. The van der Waals surface area contributed by atoms with Crippen LogP contribution in [0.4, 0.5) is 14.3 Å². The molecule has 1 aliphatic rings. The van der Waals surface area contributed by atoms with E-state index in [9.17, 15) is 9.18 Å². The molecule has 0 bridgehead atoms. The molecule has 0 radical (unpaired) electrons. The number of amides is 1. The second-order valence-corrected chi connectivity index (χ2v) is 6.37. The van der Waals surface area contributed by atoms with Crippen molar-refractivity contribution in [2.75, 3.05) is 18.5 Å². The number of hydrogen-bond acceptors (Lipinski definition) is 5. The molecule has 1 N–H and O–H groups in total. The van der Waals surface area contributed by atoms with Crippen LogP contribution >= 0.6 is 11.3 Å². The lowest BCUT2D eigenvalue weighted by atomic mass is 10.1. The fraction of sp³-hybridized carbons (Fsp3) is 0.375. The Morgan fingerprint density at radius 2 is 2.30 bits per heavy atom. The lowest BCUT2D eigenvalue weighted by molar-refractivity contribution is 0.168. The zero-order valence-electron chi connectivity index (χ0n) is 12.8. The van der Waals surface area contributed by atoms with Crippen molar-refractivity contribution in [3.05, 3.63) is 46.2 Å². The van der Waals surface area contributed by atoms with Crippen molar-refractivity contribution in [3.63, 3.8) is 0 Å². The van der Waals surface area contributed by atoms with Crippen LogP contribution in [-0.2, 0) is 24.2 Å². The largest absolute Gasteiger partial charge is 0.450 e. The first-order valence-corrected chi connectivity index (χ1v) is 8.35. The lowest BCUT2D eigenvalue weighted by Gasteiger charge is -2.25. The van der Waals surface area contributed by atoms with Gasteiger partial charge in [-0.15, -0.1) is 0 Å². The number of ether oxygens (including phenoxy) is 1. The molecule has 0 atom stereocenters. The summed E-state index contributed by atoms with van der Waals surface area (Å²) in [5.41, 5.74) is 1.71. The maximum absolute atomic E-state index is 13.8. The number of nitrogens with one attached hydrogen (secondary N) is 1. The molecule has 3 rings (SSSR count). The van der Waals surface area contributed by atoms with Gasteiger partial charge in [-0.2, -0.15) is 0 Å². The third-order valence-corrected chi connectivity index (χ3v) is 4.64. The van der Waals surface area contributed by atoms with Crippen LogP contribution in [0.1, 0.15) is 23.1 Å². The van der Waals surface area contributed by atoms with E-state index >= 15 is 0 Å². The van der Waals surface area contributed by atoms with Gasteiger partial charge in [0.25, 0.3) is 0 Å². The topological polar surface area (TPSA) is 54.5 Å². The van der Waals surface area contributed by atoms with Crippen molar-refractivity contribution in [1.29, 1.82) is 0 Å². The number of anilines is 1. The van der Waals surface area contributed by atoms with Gasteiger partial charge < -0.3 is 4.74 Å². The number of halogens is 1. The van der Waals surface area contributed by atoms with Gasteiger partial charge in [0.1, 0.15) is 5.82 Å². The van der Waals surface area contributed by atoms with Crippen molar-refractivity contribution in [3.8, 4) is 0 Å². The first-order valence-electron chi connectivity index (χ1n) is 7.54. The fourth-order valence-corrected chi connectivity index (χ4v) is 3.60. The van der Waals surface area contributed by atoms with Gasteiger partial charge in [-0.25, -0.2) is 14.2 Å². The summed E-state index contributed by atoms with van der Waals surface area (Å²) in [6.07, 6.45) is 0.312. The van der Waals surface area contributed by atoms with Gasteiger partial charge in [-0.1, -0.05) is 29.5 Å². The highest BCUT2D eigenvalue weighted by Crippen LogP contribution is 2.29. The monoisotopic (exact) mass is 335 g/mol. The number of hydrogen-bond donors (Lipinski definition) is 1. The van der Waals surface area contributed by atoms with E-state index in [4.69, 9.17) is 4.74 Å². The fourth-order valence-electron chi connectivity index (χ4n) is 2.56. The van der Waals surface area contributed by atoms with Crippen LogP contribution in [0.5, 0.6) is 0 Å². The molecule has 0 saturated heterocycles. The number of carbonyl (C=O) groups is 1. The van der Waals surface area contributed by atoms with E-state index < -0.39 is 6.09 Å². The lowest BCUT2D eigenvalue weighted by Crippen LogP contribution is -2.29. The first-order chi connectivity index (χ1) is 11.2. The number of fused-ring (bicyclic) bond motifs is 1. The van der Waals surface area contributed by atoms with E-state index in [2.05, 4.69) is 15.2 Å². The normalized spacial score (nSPS) is 14.3. The molecule has 2 aromatic rings. The minimum atomic E-state index is -0.484. The number of carbonyl (C=O) groups excluding carboxylic acids is 1. The van der Waals surface area contributed by atoms with Crippen LogP contribution in [-0.4, -0.2) is 29.1 Å². The minimum absolute atomic E-state index is 0.174. The Morgan fingerprint density at radius 1 is 1.48 bits per heavy atom. The Balaban J connectivity index is 1.65. The van der Waals surface area contributed by atoms with Crippen LogP contribution in [0.25, 0.3) is 0 Å². The van der Waals surface area contributed by atoms with E-state index in [0.717, 1.165) is 23.5 Å². The van der Waals surface area contributed by atoms with Crippen LogP contribution < -0.4 is 5.32 Å². The molecule has 1 aromatic carbocycles. The average Bonchev–Trinajstić information content (AvgIpc) is 2.91. The molecule has 5 nitrogen and oxygen atoms in total. The number of nitrogens with zero attached hydrogens (tertiary/aromatic N) is 2. The molecule has 0 saturated carbocycles. The quantitative estimate of drug-likeness (QED) is 0.930. The summed E-state index contributed by atoms with van der Waals surface area (Å²) < 4.78 is 18.6. The maximum Gasteiger partial charge on any atom is 0.413 e. The zero-order valence-corrected chi connectivity index (χ0v) is 13.7. The van der Waals surface area contributed by atoms with E-state index in [1.807, 2.05) is 12.1 Å². The summed E-state index contributed by atoms with van der Waals surface area (Å²) in [5, 5.41) is 3.20. The maximum atomic E-state index is 13.8. The highest BCUT2D eigenvalue weighted by atomic mass is 32.1. The molecule has 2 heterocycles. The summed E-state index contributed by atoms with van der Waals surface area (Å²) in [7, 11) is 0. The Hall–Kier alpha value is -1.99. The van der Waals surface area contributed by atoms with Gasteiger partial charge >= 0.3 is 6.09 Å². The standard InChI is InChI=1S/C16H18FN3O2S/c1-2-22-16(21)19-15-18-13-7-8-20(10-14(13)23-15)9-11-5-3-4-6-12(11)17/h3-6H,2,7-10H2,1H3,(H,18,19,21). The van der Waals surface area contributed by atoms with Crippen LogP contribution in [0.2, 0.25) is 0 Å². The molecule has 7 heteroatoms. The van der Waals surface area contributed by atoms with E-state index in [-0.39, 0.29) is 5.82 Å². The van der Waals surface area contributed by atoms with Crippen molar-refractivity contribution < 1.29 is 13.9 Å². The molecular weight excluding hydrogens is 317 g/mol. The van der Waals surface area contributed by atoms with E-state index in [1.165, 1.54) is 17.4 Å². The van der Waals surface area contributed by atoms with Gasteiger partial charge in [-0.3, -0.25) is 10.2 Å². The van der Waals surface area contributed by atoms with Gasteiger partial charge in [0.2, 0.25) is 0 Å².